The van der Waals surface area contributed by atoms with Crippen molar-refractivity contribution in [1.82, 2.24) is 9.97 Å². The van der Waals surface area contributed by atoms with Gasteiger partial charge < -0.3 is 5.43 Å². The molecule has 0 bridgehead atoms. The Labute approximate surface area is 109 Å². The Balaban J connectivity index is 1.95. The van der Waals surface area contributed by atoms with E-state index in [1.165, 1.54) is 0 Å². The number of nitrogens with two attached hydrogens (primary N) is 1. The van der Waals surface area contributed by atoms with Gasteiger partial charge in [-0.05, 0) is 23.8 Å². The van der Waals surface area contributed by atoms with Crippen molar-refractivity contribution in [2.75, 3.05) is 5.43 Å². The summed E-state index contributed by atoms with van der Waals surface area (Å²) in [6, 6.07) is 7.54. The molecule has 0 radical (unpaired) electrons. The van der Waals surface area contributed by atoms with Gasteiger partial charge in [-0.15, -0.1) is 11.8 Å². The molecule has 0 spiro atoms. The van der Waals surface area contributed by atoms with Gasteiger partial charge in [-0.1, -0.05) is 17.7 Å². The summed E-state index contributed by atoms with van der Waals surface area (Å²) in [5.74, 6) is 6.71. The molecule has 2 aromatic rings. The summed E-state index contributed by atoms with van der Waals surface area (Å²) in [5, 5.41) is 1.59. The van der Waals surface area contributed by atoms with E-state index in [9.17, 15) is 0 Å². The van der Waals surface area contributed by atoms with Crippen molar-refractivity contribution in [3.8, 4) is 0 Å². The predicted molar refractivity (Wildman–Crippen MR) is 70.9 cm³/mol. The predicted octanol–water partition coefficient (Wildman–Crippen LogP) is 2.71. The van der Waals surface area contributed by atoms with Gasteiger partial charge in [0, 0.05) is 18.1 Å². The van der Waals surface area contributed by atoms with Crippen LogP contribution in [0.2, 0.25) is 5.02 Å². The van der Waals surface area contributed by atoms with Crippen LogP contribution in [0.5, 0.6) is 0 Å². The van der Waals surface area contributed by atoms with E-state index in [-0.39, 0.29) is 0 Å². The van der Waals surface area contributed by atoms with Crippen LogP contribution < -0.4 is 11.3 Å². The van der Waals surface area contributed by atoms with Crippen molar-refractivity contribution >= 4 is 29.2 Å². The lowest BCUT2D eigenvalue weighted by atomic mass is 10.3. The van der Waals surface area contributed by atoms with Crippen molar-refractivity contribution in [2.24, 2.45) is 5.84 Å². The van der Waals surface area contributed by atoms with E-state index in [0.29, 0.717) is 10.8 Å². The molecule has 2 aromatic heterocycles. The summed E-state index contributed by atoms with van der Waals surface area (Å²) in [6.07, 6.45) is 3.43. The van der Waals surface area contributed by atoms with Gasteiger partial charge in [0.15, 0.2) is 0 Å². The molecule has 0 atom stereocenters. The van der Waals surface area contributed by atoms with Crippen LogP contribution >= 0.6 is 23.4 Å². The molecule has 6 heteroatoms. The van der Waals surface area contributed by atoms with E-state index in [1.54, 1.807) is 24.2 Å². The molecule has 0 unspecified atom stereocenters. The van der Waals surface area contributed by atoms with Crippen LogP contribution in [0.3, 0.4) is 0 Å². The van der Waals surface area contributed by atoms with Crippen molar-refractivity contribution in [2.45, 2.75) is 10.8 Å². The van der Waals surface area contributed by atoms with Gasteiger partial charge in [0.1, 0.15) is 5.82 Å². The number of nitrogen functional groups attached to an aromatic ring is 1. The van der Waals surface area contributed by atoms with Crippen molar-refractivity contribution < 1.29 is 0 Å². The maximum absolute atomic E-state index is 5.76. The normalized spacial score (nSPS) is 10.2. The average Bonchev–Trinajstić information content (AvgIpc) is 2.39. The molecule has 0 aromatic carbocycles. The van der Waals surface area contributed by atoms with Gasteiger partial charge in [0.05, 0.1) is 10.0 Å². The third kappa shape index (κ3) is 3.59. The second kappa shape index (κ2) is 5.86. The Morgan fingerprint density at radius 1 is 1.18 bits per heavy atom. The third-order valence-electron chi connectivity index (χ3n) is 2.06. The van der Waals surface area contributed by atoms with Gasteiger partial charge in [-0.3, -0.25) is 0 Å². The zero-order valence-corrected chi connectivity index (χ0v) is 10.5. The molecule has 0 fully saturated rings. The highest BCUT2D eigenvalue weighted by molar-refractivity contribution is 7.98. The molecule has 4 nitrogen and oxygen atoms in total. The van der Waals surface area contributed by atoms with E-state index in [4.69, 9.17) is 17.4 Å². The first kappa shape index (κ1) is 12.2. The molecular formula is C11H11ClN4S. The average molecular weight is 267 g/mol. The zero-order chi connectivity index (χ0) is 12.1. The first-order valence-corrected chi connectivity index (χ1v) is 6.30. The summed E-state index contributed by atoms with van der Waals surface area (Å²) in [6.45, 7) is 0. The fraction of sp³-hybridized carbons (Fsp3) is 0.0909. The highest BCUT2D eigenvalue weighted by Gasteiger charge is 1.99. The number of hydrazine groups is 1. The summed E-state index contributed by atoms with van der Waals surface area (Å²) in [7, 11) is 0. The minimum atomic E-state index is 0.648. The fourth-order valence-corrected chi connectivity index (χ4v) is 2.09. The van der Waals surface area contributed by atoms with Gasteiger partial charge in [0.2, 0.25) is 0 Å². The van der Waals surface area contributed by atoms with E-state index in [0.717, 1.165) is 16.3 Å². The first-order valence-electron chi connectivity index (χ1n) is 4.94. The Bertz CT molecular complexity index is 472. The lowest BCUT2D eigenvalue weighted by molar-refractivity contribution is 1.13. The Morgan fingerprint density at radius 3 is 2.65 bits per heavy atom. The van der Waals surface area contributed by atoms with E-state index in [2.05, 4.69) is 15.4 Å². The summed E-state index contributed by atoms with van der Waals surface area (Å²) in [4.78, 5) is 8.34. The van der Waals surface area contributed by atoms with E-state index in [1.807, 2.05) is 24.3 Å². The SMILES string of the molecule is NNc1ccc(CSc2ccc(Cl)cn2)cn1. The second-order valence-corrected chi connectivity index (χ2v) is 4.73. The monoisotopic (exact) mass is 266 g/mol. The number of thioether (sulfide) groups is 1. The molecule has 17 heavy (non-hydrogen) atoms. The highest BCUT2D eigenvalue weighted by atomic mass is 35.5. The number of hydrogen-bond acceptors (Lipinski definition) is 5. The van der Waals surface area contributed by atoms with Crippen LogP contribution in [0.1, 0.15) is 5.56 Å². The largest absolute Gasteiger partial charge is 0.308 e. The van der Waals surface area contributed by atoms with Gasteiger partial charge in [-0.2, -0.15) is 0 Å². The molecule has 0 aliphatic rings. The number of rotatable bonds is 4. The summed E-state index contributed by atoms with van der Waals surface area (Å²) >= 11 is 7.40. The number of anilines is 1. The molecule has 0 aliphatic heterocycles. The molecule has 0 saturated heterocycles. The molecule has 0 aliphatic carbocycles. The molecular weight excluding hydrogens is 256 g/mol. The lowest BCUT2D eigenvalue weighted by Crippen LogP contribution is -2.08. The van der Waals surface area contributed by atoms with Crippen LogP contribution in [-0.2, 0) is 5.75 Å². The Hall–Kier alpha value is -1.30. The number of nitrogens with zero attached hydrogens (tertiary/aromatic N) is 2. The lowest BCUT2D eigenvalue weighted by Gasteiger charge is -2.02. The Morgan fingerprint density at radius 2 is 2.06 bits per heavy atom. The quantitative estimate of drug-likeness (QED) is 0.506. The smallest absolute Gasteiger partial charge is 0.139 e. The number of halogens is 1. The minimum absolute atomic E-state index is 0.648. The van der Waals surface area contributed by atoms with Crippen LogP contribution in [0.25, 0.3) is 0 Å². The first-order chi connectivity index (χ1) is 8.28. The van der Waals surface area contributed by atoms with Crippen LogP contribution in [0.15, 0.2) is 41.7 Å². The second-order valence-electron chi connectivity index (χ2n) is 3.30. The van der Waals surface area contributed by atoms with Crippen LogP contribution in [0, 0.1) is 0 Å². The maximum Gasteiger partial charge on any atom is 0.139 e. The summed E-state index contributed by atoms with van der Waals surface area (Å²) < 4.78 is 0. The minimum Gasteiger partial charge on any atom is -0.308 e. The maximum atomic E-state index is 5.76. The number of hydrogen-bond donors (Lipinski definition) is 2. The molecule has 0 amide bonds. The molecule has 2 rings (SSSR count). The van der Waals surface area contributed by atoms with Crippen molar-refractivity contribution in [3.63, 3.8) is 0 Å². The van der Waals surface area contributed by atoms with Gasteiger partial charge >= 0.3 is 0 Å². The number of nitrogens with one attached hydrogen (secondary N) is 1. The van der Waals surface area contributed by atoms with Gasteiger partial charge in [-0.25, -0.2) is 15.8 Å². The fourth-order valence-electron chi connectivity index (χ4n) is 1.20. The molecule has 0 saturated carbocycles. The zero-order valence-electron chi connectivity index (χ0n) is 8.93. The molecule has 3 N–H and O–H groups in total. The van der Waals surface area contributed by atoms with Crippen LogP contribution in [-0.4, -0.2) is 9.97 Å². The number of aromatic nitrogens is 2. The molecule has 88 valence electrons. The third-order valence-corrected chi connectivity index (χ3v) is 3.30. The van der Waals surface area contributed by atoms with E-state index < -0.39 is 0 Å². The topological polar surface area (TPSA) is 63.8 Å². The highest BCUT2D eigenvalue weighted by Crippen LogP contribution is 2.21. The number of pyridine rings is 2. The molecule has 2 heterocycles. The Kier molecular flexibility index (Phi) is 4.19. The van der Waals surface area contributed by atoms with Crippen molar-refractivity contribution in [1.29, 1.82) is 0 Å². The van der Waals surface area contributed by atoms with Crippen molar-refractivity contribution in [3.05, 3.63) is 47.2 Å². The van der Waals surface area contributed by atoms with Gasteiger partial charge in [0.25, 0.3) is 0 Å². The summed E-state index contributed by atoms with van der Waals surface area (Å²) in [5.41, 5.74) is 3.61. The standard InChI is InChI=1S/C11H11ClN4S/c12-9-2-4-11(15-6-9)17-7-8-1-3-10(16-13)14-5-8/h1-6H,7,13H2,(H,14,16). The van der Waals surface area contributed by atoms with E-state index >= 15 is 0 Å². The van der Waals surface area contributed by atoms with Crippen LogP contribution in [0.4, 0.5) is 5.82 Å².